The first-order valence-corrected chi connectivity index (χ1v) is 11.7. The van der Waals surface area contributed by atoms with Crippen LogP contribution in [0.5, 0.6) is 0 Å². The predicted molar refractivity (Wildman–Crippen MR) is 124 cm³/mol. The zero-order valence-corrected chi connectivity index (χ0v) is 19.3. The molecule has 0 aliphatic heterocycles. The first kappa shape index (κ1) is 19.1. The topological polar surface area (TPSA) is 43.9 Å². The van der Waals surface area contributed by atoms with Gasteiger partial charge in [0.1, 0.15) is 5.76 Å². The van der Waals surface area contributed by atoms with E-state index in [2.05, 4.69) is 94.3 Å². The van der Waals surface area contributed by atoms with Crippen LogP contribution in [0.15, 0.2) is 69.8 Å². The number of halogens is 1. The van der Waals surface area contributed by atoms with Gasteiger partial charge in [0.2, 0.25) is 0 Å². The zero-order valence-electron chi connectivity index (χ0n) is 17.7. The minimum atomic E-state index is -0.172. The Morgan fingerprint density at radius 3 is 2.77 bits per heavy atom. The van der Waals surface area contributed by atoms with Crippen LogP contribution in [-0.2, 0) is 25.3 Å². The standard InChI is InChI=1S/C26H24BrN3O/c1-16-22-12-11-21-23(17-7-6-10-20(27)13-17)30(2)29-25(21)26(22,19-8-4-3-5-9-19)14-18-15-28-31-24(16)18/h3-10,13,15-16,22H,11-12,14H2,1-2H3/t16-,22-,26+/m0/s1. The molecule has 0 unspecified atom stereocenters. The van der Waals surface area contributed by atoms with E-state index in [0.29, 0.717) is 11.8 Å². The SMILES string of the molecule is C[C@@H]1c2oncc2C[C@]2(c3ccccc3)c3nn(C)c(-c4cccc(Br)c4)c3CC[C@@H]12. The Kier molecular flexibility index (Phi) is 4.26. The van der Waals surface area contributed by atoms with Gasteiger partial charge < -0.3 is 4.52 Å². The van der Waals surface area contributed by atoms with Gasteiger partial charge in [0.05, 0.1) is 17.6 Å². The summed E-state index contributed by atoms with van der Waals surface area (Å²) in [4.78, 5) is 0. The van der Waals surface area contributed by atoms with Gasteiger partial charge in [-0.25, -0.2) is 0 Å². The lowest BCUT2D eigenvalue weighted by Crippen LogP contribution is -2.47. The van der Waals surface area contributed by atoms with Gasteiger partial charge in [0.15, 0.2) is 0 Å². The molecular formula is C26H24BrN3O. The van der Waals surface area contributed by atoms with Crippen LogP contribution in [0.2, 0.25) is 0 Å². The number of rotatable bonds is 2. The number of hydrogen-bond acceptors (Lipinski definition) is 3. The number of aromatic nitrogens is 3. The highest BCUT2D eigenvalue weighted by Crippen LogP contribution is 2.57. The van der Waals surface area contributed by atoms with E-state index < -0.39 is 0 Å². The molecule has 2 aromatic heterocycles. The maximum absolute atomic E-state index is 5.72. The number of nitrogens with zero attached hydrogens (tertiary/aromatic N) is 3. The minimum Gasteiger partial charge on any atom is -0.361 e. The van der Waals surface area contributed by atoms with Crippen molar-refractivity contribution in [2.45, 2.75) is 37.5 Å². The lowest BCUT2D eigenvalue weighted by molar-refractivity contribution is 0.189. The summed E-state index contributed by atoms with van der Waals surface area (Å²) in [6.07, 6.45) is 4.93. The van der Waals surface area contributed by atoms with Crippen molar-refractivity contribution in [2.24, 2.45) is 13.0 Å². The molecule has 4 aromatic rings. The van der Waals surface area contributed by atoms with Crippen LogP contribution in [0.3, 0.4) is 0 Å². The fourth-order valence-corrected chi connectivity index (χ4v) is 6.62. The van der Waals surface area contributed by atoms with Crippen molar-refractivity contribution < 1.29 is 4.52 Å². The average Bonchev–Trinajstić information content (AvgIpc) is 3.38. The fourth-order valence-electron chi connectivity index (χ4n) is 6.22. The summed E-state index contributed by atoms with van der Waals surface area (Å²) in [5.41, 5.74) is 7.44. The number of fused-ring (bicyclic) bond motifs is 4. The molecular weight excluding hydrogens is 450 g/mol. The molecule has 4 nitrogen and oxygen atoms in total. The lowest BCUT2D eigenvalue weighted by Gasteiger charge is -2.48. The second kappa shape index (κ2) is 6.92. The van der Waals surface area contributed by atoms with Crippen LogP contribution in [0.25, 0.3) is 11.3 Å². The molecule has 2 heterocycles. The highest BCUT2D eigenvalue weighted by Gasteiger charge is 2.54. The van der Waals surface area contributed by atoms with Crippen molar-refractivity contribution >= 4 is 15.9 Å². The smallest absolute Gasteiger partial charge is 0.143 e. The van der Waals surface area contributed by atoms with Crippen molar-refractivity contribution in [1.82, 2.24) is 14.9 Å². The first-order chi connectivity index (χ1) is 15.1. The summed E-state index contributed by atoms with van der Waals surface area (Å²) < 4.78 is 8.90. The van der Waals surface area contributed by atoms with Crippen molar-refractivity contribution in [3.63, 3.8) is 0 Å². The Morgan fingerprint density at radius 1 is 1.13 bits per heavy atom. The third-order valence-electron chi connectivity index (χ3n) is 7.46. The van der Waals surface area contributed by atoms with E-state index in [4.69, 9.17) is 9.62 Å². The molecule has 2 aliphatic carbocycles. The molecule has 0 saturated heterocycles. The maximum atomic E-state index is 5.72. The Bertz CT molecular complexity index is 1280. The summed E-state index contributed by atoms with van der Waals surface area (Å²) in [7, 11) is 2.08. The molecule has 0 bridgehead atoms. The molecule has 3 atom stereocenters. The minimum absolute atomic E-state index is 0.172. The number of hydrogen-bond donors (Lipinski definition) is 0. The van der Waals surface area contributed by atoms with E-state index in [0.717, 1.165) is 29.5 Å². The van der Waals surface area contributed by atoms with Gasteiger partial charge in [0.25, 0.3) is 0 Å². The van der Waals surface area contributed by atoms with Gasteiger partial charge in [-0.2, -0.15) is 5.10 Å². The van der Waals surface area contributed by atoms with Crippen LogP contribution in [0.1, 0.15) is 47.4 Å². The highest BCUT2D eigenvalue weighted by atomic mass is 79.9. The van der Waals surface area contributed by atoms with Crippen LogP contribution in [0, 0.1) is 5.92 Å². The van der Waals surface area contributed by atoms with Crippen molar-refractivity contribution in [3.05, 3.63) is 93.4 Å². The maximum Gasteiger partial charge on any atom is 0.143 e. The highest BCUT2D eigenvalue weighted by molar-refractivity contribution is 9.10. The second-order valence-corrected chi connectivity index (χ2v) is 9.89. The van der Waals surface area contributed by atoms with E-state index >= 15 is 0 Å². The second-order valence-electron chi connectivity index (χ2n) is 8.97. The average molecular weight is 474 g/mol. The number of benzene rings is 2. The van der Waals surface area contributed by atoms with Crippen molar-refractivity contribution in [1.29, 1.82) is 0 Å². The van der Waals surface area contributed by atoms with E-state index in [1.807, 2.05) is 6.20 Å². The van der Waals surface area contributed by atoms with Gasteiger partial charge >= 0.3 is 0 Å². The van der Waals surface area contributed by atoms with Gasteiger partial charge in [-0.05, 0) is 42.9 Å². The van der Waals surface area contributed by atoms with Gasteiger partial charge in [-0.15, -0.1) is 0 Å². The molecule has 0 fully saturated rings. The molecule has 0 amide bonds. The summed E-state index contributed by atoms with van der Waals surface area (Å²) >= 11 is 3.65. The van der Waals surface area contributed by atoms with E-state index in [1.54, 1.807) is 0 Å². The Labute approximate surface area is 190 Å². The molecule has 156 valence electrons. The van der Waals surface area contributed by atoms with Crippen LogP contribution in [-0.4, -0.2) is 14.9 Å². The van der Waals surface area contributed by atoms with Crippen molar-refractivity contribution in [3.8, 4) is 11.3 Å². The lowest BCUT2D eigenvalue weighted by atomic mass is 9.53. The summed E-state index contributed by atoms with van der Waals surface area (Å²) in [6, 6.07) is 19.5. The van der Waals surface area contributed by atoms with Crippen LogP contribution in [0.4, 0.5) is 0 Å². The summed E-state index contributed by atoms with van der Waals surface area (Å²) in [5.74, 6) is 1.78. The molecule has 0 saturated carbocycles. The summed E-state index contributed by atoms with van der Waals surface area (Å²) in [6.45, 7) is 2.30. The molecule has 2 aromatic carbocycles. The first-order valence-electron chi connectivity index (χ1n) is 10.9. The van der Waals surface area contributed by atoms with Crippen LogP contribution < -0.4 is 0 Å². The normalized spacial score (nSPS) is 24.4. The Morgan fingerprint density at radius 2 is 1.97 bits per heavy atom. The molecule has 0 N–H and O–H groups in total. The molecule has 6 rings (SSSR count). The quantitative estimate of drug-likeness (QED) is 0.356. The number of aryl methyl sites for hydroxylation is 1. The van der Waals surface area contributed by atoms with Gasteiger partial charge in [0, 0.05) is 39.5 Å². The van der Waals surface area contributed by atoms with E-state index in [9.17, 15) is 0 Å². The molecule has 0 radical (unpaired) electrons. The third-order valence-corrected chi connectivity index (χ3v) is 7.95. The van der Waals surface area contributed by atoms with Gasteiger partial charge in [-0.1, -0.05) is 70.5 Å². The largest absolute Gasteiger partial charge is 0.361 e. The predicted octanol–water partition coefficient (Wildman–Crippen LogP) is 6.05. The molecule has 0 spiro atoms. The summed E-state index contributed by atoms with van der Waals surface area (Å²) in [5, 5.41) is 9.40. The monoisotopic (exact) mass is 473 g/mol. The molecule has 5 heteroatoms. The van der Waals surface area contributed by atoms with Crippen molar-refractivity contribution in [2.75, 3.05) is 0 Å². The van der Waals surface area contributed by atoms with E-state index in [-0.39, 0.29) is 5.41 Å². The van der Waals surface area contributed by atoms with E-state index in [1.165, 1.54) is 33.6 Å². The zero-order chi connectivity index (χ0) is 21.2. The Balaban J connectivity index is 1.64. The van der Waals surface area contributed by atoms with Gasteiger partial charge in [-0.3, -0.25) is 4.68 Å². The third kappa shape index (κ3) is 2.65. The molecule has 2 aliphatic rings. The fraction of sp³-hybridized carbons (Fsp3) is 0.308. The Hall–Kier alpha value is -2.66. The van der Waals surface area contributed by atoms with Crippen LogP contribution >= 0.6 is 15.9 Å². The molecule has 31 heavy (non-hydrogen) atoms.